The van der Waals surface area contributed by atoms with Gasteiger partial charge in [-0.3, -0.25) is 0 Å². The molecule has 30 heavy (non-hydrogen) atoms. The lowest BCUT2D eigenvalue weighted by atomic mass is 10.1. The van der Waals surface area contributed by atoms with E-state index in [1.165, 1.54) is 30.3 Å². The van der Waals surface area contributed by atoms with E-state index >= 15 is 0 Å². The number of hydrogen-bond donors (Lipinski definition) is 1. The molecule has 0 spiro atoms. The van der Waals surface area contributed by atoms with Gasteiger partial charge in [0.05, 0.1) is 21.8 Å². The quantitative estimate of drug-likeness (QED) is 0.574. The normalized spacial score (nSPS) is 11.9. The lowest BCUT2D eigenvalue weighted by molar-refractivity contribution is 0.414. The molecule has 0 bridgehead atoms. The molecule has 0 saturated heterocycles. The largest absolute Gasteiger partial charge is 0.497 e. The summed E-state index contributed by atoms with van der Waals surface area (Å²) in [5.74, 6) is 0.699. The number of hydrogen-bond acceptors (Lipinski definition) is 5. The summed E-state index contributed by atoms with van der Waals surface area (Å²) >= 11 is 0. The minimum Gasteiger partial charge on any atom is -0.497 e. The molecule has 0 atom stereocenters. The van der Waals surface area contributed by atoms with Crippen LogP contribution in [-0.4, -0.2) is 30.5 Å². The average Bonchev–Trinajstić information content (AvgIpc) is 2.74. The van der Waals surface area contributed by atoms with Gasteiger partial charge in [0, 0.05) is 6.54 Å². The molecule has 0 heterocycles. The van der Waals surface area contributed by atoms with Crippen LogP contribution >= 0.6 is 0 Å². The van der Waals surface area contributed by atoms with Gasteiger partial charge in [-0.1, -0.05) is 36.4 Å². The Kier molecular flexibility index (Phi) is 6.60. The van der Waals surface area contributed by atoms with Crippen molar-refractivity contribution in [3.05, 3.63) is 83.9 Å². The topological polar surface area (TPSA) is 89.5 Å². The van der Waals surface area contributed by atoms with E-state index in [0.717, 1.165) is 5.56 Å². The van der Waals surface area contributed by atoms with Crippen molar-refractivity contribution in [3.8, 4) is 5.75 Å². The summed E-state index contributed by atoms with van der Waals surface area (Å²) in [4.78, 5) is 0.000745. The second kappa shape index (κ2) is 8.99. The average molecular weight is 446 g/mol. The summed E-state index contributed by atoms with van der Waals surface area (Å²) in [7, 11) is -6.13. The van der Waals surface area contributed by atoms with Crippen molar-refractivity contribution in [1.82, 2.24) is 4.72 Å². The fourth-order valence-electron chi connectivity index (χ4n) is 3.01. The van der Waals surface area contributed by atoms with E-state index in [9.17, 15) is 16.8 Å². The van der Waals surface area contributed by atoms with Crippen molar-refractivity contribution in [3.63, 3.8) is 0 Å². The van der Waals surface area contributed by atoms with Crippen LogP contribution < -0.4 is 9.46 Å². The first-order valence-electron chi connectivity index (χ1n) is 9.27. The fourth-order valence-corrected chi connectivity index (χ4v) is 5.69. The predicted molar refractivity (Wildman–Crippen MR) is 115 cm³/mol. The van der Waals surface area contributed by atoms with Gasteiger partial charge in [-0.05, 0) is 60.9 Å². The number of ether oxygens (including phenoxy) is 1. The van der Waals surface area contributed by atoms with Crippen molar-refractivity contribution in [2.24, 2.45) is 0 Å². The molecule has 3 aromatic rings. The van der Waals surface area contributed by atoms with Crippen LogP contribution in [0.25, 0.3) is 0 Å². The van der Waals surface area contributed by atoms with Gasteiger partial charge < -0.3 is 4.74 Å². The molecule has 0 radical (unpaired) electrons. The maximum atomic E-state index is 12.9. The van der Waals surface area contributed by atoms with Crippen LogP contribution in [0.15, 0.2) is 87.5 Å². The van der Waals surface area contributed by atoms with Gasteiger partial charge in [-0.25, -0.2) is 21.6 Å². The van der Waals surface area contributed by atoms with Gasteiger partial charge >= 0.3 is 0 Å². The molecule has 158 valence electrons. The highest BCUT2D eigenvalue weighted by molar-refractivity contribution is 7.91. The Bertz CT molecular complexity index is 1240. The summed E-state index contributed by atoms with van der Waals surface area (Å²) in [6.07, 6.45) is 0.470. The molecular formula is C22H23NO5S2. The highest BCUT2D eigenvalue weighted by Gasteiger charge is 2.23. The van der Waals surface area contributed by atoms with E-state index < -0.39 is 19.9 Å². The first-order valence-corrected chi connectivity index (χ1v) is 12.2. The molecule has 3 rings (SSSR count). The van der Waals surface area contributed by atoms with Gasteiger partial charge in [0.1, 0.15) is 5.75 Å². The summed E-state index contributed by atoms with van der Waals surface area (Å²) in [5.41, 5.74) is 1.39. The van der Waals surface area contributed by atoms with E-state index in [0.29, 0.717) is 17.7 Å². The van der Waals surface area contributed by atoms with Gasteiger partial charge in [0.25, 0.3) is 0 Å². The van der Waals surface area contributed by atoms with E-state index in [1.54, 1.807) is 32.2 Å². The number of sulfonamides is 1. The van der Waals surface area contributed by atoms with Crippen LogP contribution in [-0.2, 0) is 26.3 Å². The third-order valence-corrected chi connectivity index (χ3v) is 8.02. The number of rotatable bonds is 8. The summed E-state index contributed by atoms with van der Waals surface area (Å²) in [6, 6.07) is 19.5. The third kappa shape index (κ3) is 4.89. The molecule has 0 saturated carbocycles. The zero-order valence-corrected chi connectivity index (χ0v) is 18.3. The number of aryl methyl sites for hydroxylation is 1. The minimum absolute atomic E-state index is 0.0508. The Morgan fingerprint density at radius 2 is 1.57 bits per heavy atom. The Hall–Kier alpha value is -2.68. The Morgan fingerprint density at radius 3 is 2.27 bits per heavy atom. The van der Waals surface area contributed by atoms with E-state index in [1.807, 2.05) is 24.3 Å². The van der Waals surface area contributed by atoms with Crippen molar-refractivity contribution >= 4 is 19.9 Å². The smallest absolute Gasteiger partial charge is 0.240 e. The minimum atomic E-state index is -3.89. The molecule has 0 unspecified atom stereocenters. The van der Waals surface area contributed by atoms with Gasteiger partial charge in [0.15, 0.2) is 0 Å². The van der Waals surface area contributed by atoms with Crippen molar-refractivity contribution in [2.75, 3.05) is 13.7 Å². The van der Waals surface area contributed by atoms with Crippen LogP contribution in [0, 0.1) is 6.92 Å². The molecular weight excluding hydrogens is 422 g/mol. The molecule has 0 aliphatic heterocycles. The number of benzene rings is 3. The first kappa shape index (κ1) is 22.0. The Labute approximate surface area is 177 Å². The van der Waals surface area contributed by atoms with Crippen LogP contribution in [0.5, 0.6) is 5.75 Å². The molecule has 0 amide bonds. The zero-order chi connectivity index (χ0) is 21.8. The number of sulfone groups is 1. The maximum Gasteiger partial charge on any atom is 0.240 e. The van der Waals surface area contributed by atoms with Crippen molar-refractivity contribution in [1.29, 1.82) is 0 Å². The van der Waals surface area contributed by atoms with Gasteiger partial charge in [-0.2, -0.15) is 0 Å². The van der Waals surface area contributed by atoms with E-state index in [2.05, 4.69) is 4.72 Å². The molecule has 3 aromatic carbocycles. The van der Waals surface area contributed by atoms with E-state index in [4.69, 9.17) is 4.74 Å². The van der Waals surface area contributed by atoms with Crippen LogP contribution in [0.4, 0.5) is 0 Å². The van der Waals surface area contributed by atoms with Crippen LogP contribution in [0.2, 0.25) is 0 Å². The molecule has 8 heteroatoms. The Balaban J connectivity index is 1.82. The van der Waals surface area contributed by atoms with Crippen LogP contribution in [0.3, 0.4) is 0 Å². The highest BCUT2D eigenvalue weighted by atomic mass is 32.2. The highest BCUT2D eigenvalue weighted by Crippen LogP contribution is 2.25. The number of nitrogens with one attached hydrogen (secondary N) is 1. The third-order valence-electron chi connectivity index (χ3n) is 4.65. The van der Waals surface area contributed by atoms with Crippen molar-refractivity contribution < 1.29 is 21.6 Å². The first-order chi connectivity index (χ1) is 14.2. The second-order valence-electron chi connectivity index (χ2n) is 6.74. The summed E-state index contributed by atoms with van der Waals surface area (Å²) in [5, 5.41) is 0. The van der Waals surface area contributed by atoms with Crippen LogP contribution in [0.1, 0.15) is 11.1 Å². The van der Waals surface area contributed by atoms with Gasteiger partial charge in [0.2, 0.25) is 19.9 Å². The molecule has 0 aliphatic carbocycles. The molecule has 0 aromatic heterocycles. The number of methoxy groups -OCH3 is 1. The van der Waals surface area contributed by atoms with E-state index in [-0.39, 0.29) is 21.2 Å². The summed E-state index contributed by atoms with van der Waals surface area (Å²) < 4.78 is 59.1. The second-order valence-corrected chi connectivity index (χ2v) is 10.4. The lowest BCUT2D eigenvalue weighted by Crippen LogP contribution is -2.27. The standard InChI is InChI=1S/C22H23NO5S2/c1-17-11-12-21(29(24,25)20-9-4-3-5-10-20)16-22(17)30(26,27)23-14-13-18-7-6-8-19(15-18)28-2/h3-12,15-16,23H,13-14H2,1-2H3. The van der Waals surface area contributed by atoms with Crippen molar-refractivity contribution in [2.45, 2.75) is 28.0 Å². The molecule has 0 fully saturated rings. The Morgan fingerprint density at radius 1 is 0.833 bits per heavy atom. The SMILES string of the molecule is COc1cccc(CCNS(=O)(=O)c2cc(S(=O)(=O)c3ccccc3)ccc2C)c1. The lowest BCUT2D eigenvalue weighted by Gasteiger charge is -2.12. The molecule has 6 nitrogen and oxygen atoms in total. The molecule has 1 N–H and O–H groups in total. The maximum absolute atomic E-state index is 12.9. The fraction of sp³-hybridized carbons (Fsp3) is 0.182. The molecule has 0 aliphatic rings. The summed E-state index contributed by atoms with van der Waals surface area (Å²) in [6.45, 7) is 1.81. The predicted octanol–water partition coefficient (Wildman–Crippen LogP) is 3.36. The monoisotopic (exact) mass is 445 g/mol. The van der Waals surface area contributed by atoms with Gasteiger partial charge in [-0.15, -0.1) is 0 Å². The zero-order valence-electron chi connectivity index (χ0n) is 16.7.